The number of piperazine rings is 1. The Labute approximate surface area is 158 Å². The van der Waals surface area contributed by atoms with Crippen LogP contribution in [0.15, 0.2) is 23.6 Å². The average Bonchev–Trinajstić information content (AvgIpc) is 3.28. The van der Waals surface area contributed by atoms with E-state index in [1.807, 2.05) is 18.1 Å². The van der Waals surface area contributed by atoms with E-state index in [0.29, 0.717) is 19.6 Å². The minimum Gasteiger partial charge on any atom is -0.351 e. The van der Waals surface area contributed by atoms with Crippen LogP contribution in [0.4, 0.5) is 5.69 Å². The maximum atomic E-state index is 12.6. The largest absolute Gasteiger partial charge is 0.351 e. The molecule has 4 rings (SSSR count). The molecular formula is C18H26N8O. The molecule has 2 aliphatic rings. The highest BCUT2D eigenvalue weighted by Gasteiger charge is 2.27. The topological polar surface area (TPSA) is 83.6 Å². The van der Waals surface area contributed by atoms with Gasteiger partial charge in [0.15, 0.2) is 5.96 Å². The lowest BCUT2D eigenvalue weighted by Crippen LogP contribution is -2.55. The Balaban J connectivity index is 1.36. The number of nitrogens with one attached hydrogen (secondary N) is 1. The van der Waals surface area contributed by atoms with Gasteiger partial charge in [-0.25, -0.2) is 4.98 Å². The highest BCUT2D eigenvalue weighted by molar-refractivity contribution is 5.98. The summed E-state index contributed by atoms with van der Waals surface area (Å²) in [5.74, 6) is 1.96. The number of fused-ring (bicyclic) bond motifs is 1. The lowest BCUT2D eigenvalue weighted by molar-refractivity contribution is -0.120. The van der Waals surface area contributed by atoms with Crippen LogP contribution in [0.2, 0.25) is 0 Å². The van der Waals surface area contributed by atoms with E-state index in [9.17, 15) is 4.79 Å². The van der Waals surface area contributed by atoms with Gasteiger partial charge in [0.1, 0.15) is 12.4 Å². The first-order valence-corrected chi connectivity index (χ1v) is 9.43. The van der Waals surface area contributed by atoms with Crippen molar-refractivity contribution < 1.29 is 4.79 Å². The van der Waals surface area contributed by atoms with E-state index in [4.69, 9.17) is 4.98 Å². The zero-order valence-corrected chi connectivity index (χ0v) is 15.9. The summed E-state index contributed by atoms with van der Waals surface area (Å²) in [5, 5.41) is 7.51. The Bertz CT molecular complexity index is 828. The molecule has 1 saturated heterocycles. The lowest BCUT2D eigenvalue weighted by Gasteiger charge is -2.35. The highest BCUT2D eigenvalue weighted by atomic mass is 16.2. The summed E-state index contributed by atoms with van der Waals surface area (Å²) in [6, 6.07) is 0. The fraction of sp³-hybridized carbons (Fsp3) is 0.556. The number of carbonyl (C=O) groups excluding carboxylic acids is 1. The smallest absolute Gasteiger partial charge is 0.246 e. The van der Waals surface area contributed by atoms with Gasteiger partial charge in [0, 0.05) is 52.5 Å². The predicted octanol–water partition coefficient (Wildman–Crippen LogP) is 0.377. The summed E-state index contributed by atoms with van der Waals surface area (Å²) >= 11 is 0. The number of nitrogens with zero attached hydrogens (tertiary/aromatic N) is 7. The normalized spacial score (nSPS) is 18.0. The van der Waals surface area contributed by atoms with Gasteiger partial charge in [-0.15, -0.1) is 0 Å². The molecular weight excluding hydrogens is 344 g/mol. The number of hydrogen-bond acceptors (Lipinski definition) is 4. The fourth-order valence-electron chi connectivity index (χ4n) is 3.73. The van der Waals surface area contributed by atoms with Crippen molar-refractivity contribution in [2.24, 2.45) is 12.0 Å². The van der Waals surface area contributed by atoms with Crippen molar-refractivity contribution >= 4 is 17.6 Å². The molecule has 0 spiro atoms. The van der Waals surface area contributed by atoms with Crippen LogP contribution in [-0.2, 0) is 31.4 Å². The number of rotatable bonds is 3. The number of aryl methyl sites for hydroxylation is 3. The van der Waals surface area contributed by atoms with Gasteiger partial charge in [0.05, 0.1) is 24.1 Å². The monoisotopic (exact) mass is 370 g/mol. The molecule has 1 N–H and O–H groups in total. The van der Waals surface area contributed by atoms with Crippen molar-refractivity contribution in [1.29, 1.82) is 0 Å². The molecule has 0 unspecified atom stereocenters. The molecule has 4 heterocycles. The summed E-state index contributed by atoms with van der Waals surface area (Å²) < 4.78 is 3.96. The van der Waals surface area contributed by atoms with Crippen molar-refractivity contribution in [3.8, 4) is 0 Å². The summed E-state index contributed by atoms with van der Waals surface area (Å²) in [5.41, 5.74) is 1.86. The molecule has 2 aromatic rings. The minimum atomic E-state index is 0.0506. The zero-order valence-electron chi connectivity index (χ0n) is 15.9. The second kappa shape index (κ2) is 7.42. The van der Waals surface area contributed by atoms with Gasteiger partial charge in [0.25, 0.3) is 0 Å². The maximum absolute atomic E-state index is 12.6. The third-order valence-electron chi connectivity index (χ3n) is 5.12. The van der Waals surface area contributed by atoms with E-state index in [1.54, 1.807) is 22.8 Å². The highest BCUT2D eigenvalue weighted by Crippen LogP contribution is 2.17. The molecule has 1 amide bonds. The molecule has 1 fully saturated rings. The molecule has 0 aromatic carbocycles. The zero-order chi connectivity index (χ0) is 18.8. The molecule has 27 heavy (non-hydrogen) atoms. The second-order valence-corrected chi connectivity index (χ2v) is 7.04. The molecule has 2 aromatic heterocycles. The van der Waals surface area contributed by atoms with Crippen molar-refractivity contribution in [3.63, 3.8) is 0 Å². The number of carbonyl (C=O) groups is 1. The van der Waals surface area contributed by atoms with Crippen molar-refractivity contribution in [2.75, 3.05) is 31.6 Å². The fourth-order valence-corrected chi connectivity index (χ4v) is 3.73. The lowest BCUT2D eigenvalue weighted by atomic mass is 10.2. The number of aliphatic imine (C=N–C) groups is 1. The Kier molecular flexibility index (Phi) is 4.83. The van der Waals surface area contributed by atoms with Crippen LogP contribution in [0.5, 0.6) is 0 Å². The number of aromatic nitrogens is 4. The molecule has 9 heteroatoms. The Morgan fingerprint density at radius 3 is 2.85 bits per heavy atom. The van der Waals surface area contributed by atoms with E-state index in [1.165, 1.54) is 18.7 Å². The van der Waals surface area contributed by atoms with Crippen molar-refractivity contribution in [2.45, 2.75) is 32.4 Å². The molecule has 144 valence electrons. The number of anilines is 1. The summed E-state index contributed by atoms with van der Waals surface area (Å²) in [6.07, 6.45) is 9.21. The molecule has 9 nitrogen and oxygen atoms in total. The first-order valence-electron chi connectivity index (χ1n) is 9.43. The van der Waals surface area contributed by atoms with Crippen molar-refractivity contribution in [3.05, 3.63) is 30.1 Å². The van der Waals surface area contributed by atoms with Crippen LogP contribution in [-0.4, -0.2) is 62.8 Å². The molecule has 0 aliphatic carbocycles. The van der Waals surface area contributed by atoms with Gasteiger partial charge in [0.2, 0.25) is 5.91 Å². The van der Waals surface area contributed by atoms with Gasteiger partial charge in [-0.3, -0.25) is 14.5 Å². The Morgan fingerprint density at radius 2 is 2.15 bits per heavy atom. The minimum absolute atomic E-state index is 0.0506. The average molecular weight is 370 g/mol. The van der Waals surface area contributed by atoms with Crippen LogP contribution in [0.3, 0.4) is 0 Å². The van der Waals surface area contributed by atoms with Gasteiger partial charge >= 0.3 is 0 Å². The standard InChI is InChI=1S/C18H26N8O/c1-19-18(20-9-14-11-24-6-4-3-5-16(24)22-14)25-7-8-26(17(27)13-25)15-10-21-23(2)12-15/h10-12H,3-9,13H2,1-2H3,(H,19,20). The van der Waals surface area contributed by atoms with E-state index in [0.717, 1.165) is 36.9 Å². The summed E-state index contributed by atoms with van der Waals surface area (Å²) in [7, 11) is 3.60. The summed E-state index contributed by atoms with van der Waals surface area (Å²) in [4.78, 5) is 25.4. The SMILES string of the molecule is CN=C(NCc1cn2c(n1)CCCC2)N1CCN(c2cnn(C)c2)C(=O)C1. The number of hydrogen-bond donors (Lipinski definition) is 1. The molecule has 2 aliphatic heterocycles. The predicted molar refractivity (Wildman–Crippen MR) is 102 cm³/mol. The number of imidazole rings is 1. The first-order chi connectivity index (χ1) is 13.1. The first kappa shape index (κ1) is 17.6. The van der Waals surface area contributed by atoms with Crippen LogP contribution in [0, 0.1) is 0 Å². The van der Waals surface area contributed by atoms with Crippen molar-refractivity contribution in [1.82, 2.24) is 29.5 Å². The molecule has 0 bridgehead atoms. The van der Waals surface area contributed by atoms with E-state index in [2.05, 4.69) is 26.2 Å². The third kappa shape index (κ3) is 3.67. The van der Waals surface area contributed by atoms with E-state index >= 15 is 0 Å². The third-order valence-corrected chi connectivity index (χ3v) is 5.12. The quantitative estimate of drug-likeness (QED) is 0.624. The number of amides is 1. The van der Waals surface area contributed by atoms with E-state index in [-0.39, 0.29) is 5.91 Å². The van der Waals surface area contributed by atoms with Gasteiger partial charge < -0.3 is 19.7 Å². The van der Waals surface area contributed by atoms with Crippen LogP contribution < -0.4 is 10.2 Å². The number of guanidine groups is 1. The second-order valence-electron chi connectivity index (χ2n) is 7.04. The van der Waals surface area contributed by atoms with E-state index < -0.39 is 0 Å². The summed E-state index contributed by atoms with van der Waals surface area (Å²) in [6.45, 7) is 3.31. The van der Waals surface area contributed by atoms with Crippen LogP contribution >= 0.6 is 0 Å². The van der Waals surface area contributed by atoms with Gasteiger partial charge in [-0.2, -0.15) is 5.10 Å². The molecule has 0 atom stereocenters. The Morgan fingerprint density at radius 1 is 1.26 bits per heavy atom. The van der Waals surface area contributed by atoms with Crippen LogP contribution in [0.1, 0.15) is 24.4 Å². The molecule has 0 radical (unpaired) electrons. The van der Waals surface area contributed by atoms with Crippen LogP contribution in [0.25, 0.3) is 0 Å². The molecule has 0 saturated carbocycles. The van der Waals surface area contributed by atoms with Gasteiger partial charge in [-0.1, -0.05) is 0 Å². The van der Waals surface area contributed by atoms with Gasteiger partial charge in [-0.05, 0) is 12.8 Å². The Hall–Kier alpha value is -2.84. The maximum Gasteiger partial charge on any atom is 0.246 e.